The summed E-state index contributed by atoms with van der Waals surface area (Å²) in [4.78, 5) is 19.3. The zero-order valence-corrected chi connectivity index (χ0v) is 8.41. The molecule has 0 bridgehead atoms. The van der Waals surface area contributed by atoms with E-state index in [2.05, 4.69) is 39.4 Å². The molecule has 0 aliphatic rings. The lowest BCUT2D eigenvalue weighted by Crippen LogP contribution is -2.14. The van der Waals surface area contributed by atoms with Crippen LogP contribution in [-0.2, 0) is 0 Å². The van der Waals surface area contributed by atoms with Crippen molar-refractivity contribution in [3.05, 3.63) is 20.7 Å². The molecule has 0 aliphatic carbocycles. The first-order valence-corrected chi connectivity index (χ1v) is 4.21. The van der Waals surface area contributed by atoms with Crippen molar-refractivity contribution < 1.29 is 5.11 Å². The molecule has 0 atom stereocenters. The molecule has 8 heteroatoms. The Morgan fingerprint density at radius 2 is 2.21 bits per heavy atom. The first-order chi connectivity index (χ1) is 6.50. The topological polar surface area (TPSA) is 107 Å². The lowest BCUT2D eigenvalue weighted by molar-refractivity contribution is 0.449. The van der Waals surface area contributed by atoms with Crippen LogP contribution in [0.25, 0.3) is 0 Å². The third kappa shape index (κ3) is 2.47. The first-order valence-electron chi connectivity index (χ1n) is 3.40. The number of H-pyrrole nitrogens is 2. The number of aromatic nitrogens is 2. The molecule has 1 aromatic heterocycles. The Kier molecular flexibility index (Phi) is 3.10. The lowest BCUT2D eigenvalue weighted by atomic mass is 10.3. The largest absolute Gasteiger partial charge is 0.494 e. The molecule has 0 amide bonds. The van der Waals surface area contributed by atoms with Gasteiger partial charge in [-0.05, 0) is 24.4 Å². The van der Waals surface area contributed by atoms with Gasteiger partial charge in [0.15, 0.2) is 9.88 Å². The van der Waals surface area contributed by atoms with Gasteiger partial charge in [0, 0.05) is 6.21 Å². The number of nitrogens with zero attached hydrogens (tertiary/aromatic N) is 1. The van der Waals surface area contributed by atoms with Crippen molar-refractivity contribution in [2.75, 3.05) is 0 Å². The van der Waals surface area contributed by atoms with Gasteiger partial charge in [0.1, 0.15) is 5.56 Å². The van der Waals surface area contributed by atoms with E-state index < -0.39 is 5.56 Å². The quantitative estimate of drug-likeness (QED) is 0.395. The van der Waals surface area contributed by atoms with E-state index in [4.69, 9.17) is 5.73 Å². The molecule has 0 unspecified atom stereocenters. The van der Waals surface area contributed by atoms with Crippen molar-refractivity contribution in [2.45, 2.75) is 0 Å². The highest BCUT2D eigenvalue weighted by Gasteiger charge is 2.03. The van der Waals surface area contributed by atoms with Crippen LogP contribution < -0.4 is 11.3 Å². The monoisotopic (exact) mass is 230 g/mol. The van der Waals surface area contributed by atoms with E-state index in [0.29, 0.717) is 0 Å². The van der Waals surface area contributed by atoms with Gasteiger partial charge >= 0.3 is 0 Å². The molecule has 0 saturated heterocycles. The van der Waals surface area contributed by atoms with Gasteiger partial charge in [-0.3, -0.25) is 9.78 Å². The SMILES string of the molecule is NC(=S)N=Cc1c(O)[nH]c(=S)[nH]c1=O. The van der Waals surface area contributed by atoms with Crippen LogP contribution in [0.1, 0.15) is 5.56 Å². The average Bonchev–Trinajstić information content (AvgIpc) is 2.01. The highest BCUT2D eigenvalue weighted by Crippen LogP contribution is 2.03. The van der Waals surface area contributed by atoms with Crippen LogP contribution in [0, 0.1) is 4.77 Å². The molecule has 1 aromatic rings. The van der Waals surface area contributed by atoms with Crippen LogP contribution in [0.15, 0.2) is 9.79 Å². The third-order valence-electron chi connectivity index (χ3n) is 1.28. The van der Waals surface area contributed by atoms with Gasteiger partial charge in [0.2, 0.25) is 5.88 Å². The number of hydrogen-bond donors (Lipinski definition) is 4. The van der Waals surface area contributed by atoms with Crippen molar-refractivity contribution in [3.8, 4) is 5.88 Å². The summed E-state index contributed by atoms with van der Waals surface area (Å²) in [5.41, 5.74) is 4.44. The Balaban J connectivity index is 3.29. The number of thiocarbonyl (C=S) groups is 1. The second-order valence-electron chi connectivity index (χ2n) is 2.27. The van der Waals surface area contributed by atoms with E-state index in [0.717, 1.165) is 6.21 Å². The standard InChI is InChI=1S/C6H6N4O2S2/c7-5(13)8-1-2-3(11)9-6(14)10-4(2)12/h1H,(H2,7,13)(H3,9,10,11,12,14). The minimum absolute atomic E-state index is 0.0278. The van der Waals surface area contributed by atoms with Gasteiger partial charge in [-0.25, -0.2) is 4.99 Å². The maximum absolute atomic E-state index is 11.2. The fourth-order valence-electron chi connectivity index (χ4n) is 0.732. The molecule has 14 heavy (non-hydrogen) atoms. The minimum atomic E-state index is -0.564. The summed E-state index contributed by atoms with van der Waals surface area (Å²) in [7, 11) is 0. The molecule has 5 N–H and O–H groups in total. The number of nitrogens with one attached hydrogen (secondary N) is 2. The smallest absolute Gasteiger partial charge is 0.264 e. The second-order valence-corrected chi connectivity index (χ2v) is 3.09. The number of aromatic hydroxyl groups is 1. The fourth-order valence-corrected chi connectivity index (χ4v) is 0.974. The van der Waals surface area contributed by atoms with E-state index in [9.17, 15) is 9.90 Å². The van der Waals surface area contributed by atoms with E-state index in [1.54, 1.807) is 0 Å². The van der Waals surface area contributed by atoms with Crippen LogP contribution in [0.2, 0.25) is 0 Å². The van der Waals surface area contributed by atoms with Crippen molar-refractivity contribution in [1.82, 2.24) is 9.97 Å². The van der Waals surface area contributed by atoms with E-state index >= 15 is 0 Å². The summed E-state index contributed by atoms with van der Waals surface area (Å²) in [6, 6.07) is 0. The van der Waals surface area contributed by atoms with Crippen LogP contribution in [0.5, 0.6) is 5.88 Å². The zero-order chi connectivity index (χ0) is 10.7. The van der Waals surface area contributed by atoms with Crippen LogP contribution in [-0.4, -0.2) is 26.4 Å². The minimum Gasteiger partial charge on any atom is -0.494 e. The predicted octanol–water partition coefficient (Wildman–Crippen LogP) is -0.199. The Bertz CT molecular complexity index is 501. The summed E-state index contributed by atoms with van der Waals surface area (Å²) < 4.78 is 0.0278. The summed E-state index contributed by atoms with van der Waals surface area (Å²) in [5, 5.41) is 9.13. The molecule has 0 aliphatic heterocycles. The Morgan fingerprint density at radius 3 is 2.71 bits per heavy atom. The van der Waals surface area contributed by atoms with Crippen molar-refractivity contribution >= 4 is 35.8 Å². The fraction of sp³-hybridized carbons (Fsp3) is 0. The Morgan fingerprint density at radius 1 is 1.57 bits per heavy atom. The predicted molar refractivity (Wildman–Crippen MR) is 58.3 cm³/mol. The van der Waals surface area contributed by atoms with Gasteiger partial charge in [0.25, 0.3) is 5.56 Å². The molecule has 0 spiro atoms. The van der Waals surface area contributed by atoms with Gasteiger partial charge in [0.05, 0.1) is 0 Å². The molecule has 1 heterocycles. The highest BCUT2D eigenvalue weighted by atomic mass is 32.1. The van der Waals surface area contributed by atoms with E-state index in [1.165, 1.54) is 0 Å². The Labute approximate surface area is 88.5 Å². The Hall–Kier alpha value is -1.54. The highest BCUT2D eigenvalue weighted by molar-refractivity contribution is 7.80. The van der Waals surface area contributed by atoms with Gasteiger partial charge in [-0.1, -0.05) is 0 Å². The number of aliphatic imine (C=N–C) groups is 1. The number of rotatable bonds is 1. The first kappa shape index (κ1) is 10.5. The molecule has 0 fully saturated rings. The lowest BCUT2D eigenvalue weighted by Gasteiger charge is -1.96. The molecular formula is C6H6N4O2S2. The van der Waals surface area contributed by atoms with Crippen molar-refractivity contribution in [3.63, 3.8) is 0 Å². The van der Waals surface area contributed by atoms with Gasteiger partial charge < -0.3 is 15.8 Å². The summed E-state index contributed by atoms with van der Waals surface area (Å²) in [6.45, 7) is 0. The maximum Gasteiger partial charge on any atom is 0.264 e. The average molecular weight is 230 g/mol. The zero-order valence-electron chi connectivity index (χ0n) is 6.77. The van der Waals surface area contributed by atoms with Crippen LogP contribution in [0.4, 0.5) is 0 Å². The second kappa shape index (κ2) is 4.11. The van der Waals surface area contributed by atoms with Crippen molar-refractivity contribution in [2.24, 2.45) is 10.7 Å². The molecule has 0 aromatic carbocycles. The molecule has 1 rings (SSSR count). The number of aromatic amines is 2. The van der Waals surface area contributed by atoms with Gasteiger partial charge in [-0.15, -0.1) is 0 Å². The summed E-state index contributed by atoms with van der Waals surface area (Å²) >= 11 is 9.08. The number of nitrogens with two attached hydrogens (primary N) is 1. The molecule has 0 radical (unpaired) electrons. The van der Waals surface area contributed by atoms with Crippen LogP contribution in [0.3, 0.4) is 0 Å². The molecule has 0 saturated carbocycles. The van der Waals surface area contributed by atoms with Crippen LogP contribution >= 0.6 is 24.4 Å². The van der Waals surface area contributed by atoms with E-state index in [1.807, 2.05) is 0 Å². The summed E-state index contributed by atoms with van der Waals surface area (Å²) in [5.74, 6) is -0.376. The van der Waals surface area contributed by atoms with Gasteiger partial charge in [-0.2, -0.15) is 0 Å². The normalized spacial score (nSPS) is 10.6. The van der Waals surface area contributed by atoms with E-state index in [-0.39, 0.29) is 21.3 Å². The number of hydrogen-bond acceptors (Lipinski definition) is 4. The maximum atomic E-state index is 11.2. The molecular weight excluding hydrogens is 224 g/mol. The van der Waals surface area contributed by atoms with Crippen molar-refractivity contribution in [1.29, 1.82) is 0 Å². The summed E-state index contributed by atoms with van der Waals surface area (Å²) in [6.07, 6.45) is 1.06. The molecule has 74 valence electrons. The third-order valence-corrected chi connectivity index (χ3v) is 1.59. The molecule has 6 nitrogen and oxygen atoms in total.